The molecule has 0 spiro atoms. The van der Waals surface area contributed by atoms with Crippen LogP contribution in [0.5, 0.6) is 0 Å². The number of nitrogens with one attached hydrogen (secondary N) is 2. The van der Waals surface area contributed by atoms with Crippen LogP contribution >= 0.6 is 15.9 Å². The lowest BCUT2D eigenvalue weighted by Crippen LogP contribution is -2.37. The molecule has 128 valence electrons. The molecule has 0 aliphatic heterocycles. The van der Waals surface area contributed by atoms with Crippen molar-refractivity contribution in [2.45, 2.75) is 38.8 Å². The van der Waals surface area contributed by atoms with Gasteiger partial charge in [0, 0.05) is 16.7 Å². The fraction of sp³-hybridized carbons (Fsp3) is 0.500. The molecule has 0 aliphatic rings. The molecule has 1 atom stereocenters. The van der Waals surface area contributed by atoms with E-state index < -0.39 is 17.7 Å². The number of hydrogen-bond acceptors (Lipinski definition) is 5. The lowest BCUT2D eigenvalue weighted by atomic mass is 10.2. The Kier molecular flexibility index (Phi) is 7.35. The van der Waals surface area contributed by atoms with E-state index in [4.69, 9.17) is 9.47 Å². The van der Waals surface area contributed by atoms with Gasteiger partial charge in [-0.15, -0.1) is 0 Å². The van der Waals surface area contributed by atoms with Gasteiger partial charge in [-0.05, 0) is 51.5 Å². The SMILES string of the molecule is COC(=O)[C@H](CCNC(=O)OC(C)(C)C)Nc1ccc(Br)cc1. The van der Waals surface area contributed by atoms with E-state index in [1.807, 2.05) is 24.3 Å². The molecule has 23 heavy (non-hydrogen) atoms. The molecule has 6 nitrogen and oxygen atoms in total. The van der Waals surface area contributed by atoms with Crippen LogP contribution in [0.3, 0.4) is 0 Å². The third-order valence-electron chi connectivity index (χ3n) is 2.77. The van der Waals surface area contributed by atoms with Crippen LogP contribution in [0.4, 0.5) is 10.5 Å². The first-order valence-corrected chi connectivity index (χ1v) is 8.07. The molecule has 1 aromatic rings. The summed E-state index contributed by atoms with van der Waals surface area (Å²) in [5, 5.41) is 5.72. The Balaban J connectivity index is 2.54. The van der Waals surface area contributed by atoms with Gasteiger partial charge in [0.15, 0.2) is 0 Å². The number of rotatable bonds is 6. The Morgan fingerprint density at radius 2 is 1.83 bits per heavy atom. The van der Waals surface area contributed by atoms with E-state index in [2.05, 4.69) is 26.6 Å². The number of alkyl carbamates (subject to hydrolysis) is 1. The van der Waals surface area contributed by atoms with Crippen LogP contribution in [-0.2, 0) is 14.3 Å². The van der Waals surface area contributed by atoms with Crippen molar-refractivity contribution in [3.05, 3.63) is 28.7 Å². The van der Waals surface area contributed by atoms with Gasteiger partial charge < -0.3 is 20.1 Å². The quantitative estimate of drug-likeness (QED) is 0.733. The molecule has 7 heteroatoms. The molecule has 0 radical (unpaired) electrons. The van der Waals surface area contributed by atoms with E-state index in [9.17, 15) is 9.59 Å². The number of carbonyl (C=O) groups is 2. The first-order chi connectivity index (χ1) is 10.7. The van der Waals surface area contributed by atoms with Gasteiger partial charge in [-0.1, -0.05) is 15.9 Å². The highest BCUT2D eigenvalue weighted by Crippen LogP contribution is 2.16. The molecule has 0 saturated heterocycles. The van der Waals surface area contributed by atoms with E-state index in [-0.39, 0.29) is 12.5 Å². The van der Waals surface area contributed by atoms with Crippen LogP contribution < -0.4 is 10.6 Å². The molecular formula is C16H23BrN2O4. The molecule has 0 bridgehead atoms. The van der Waals surface area contributed by atoms with Gasteiger partial charge in [-0.3, -0.25) is 0 Å². The summed E-state index contributed by atoms with van der Waals surface area (Å²) in [6, 6.07) is 6.88. The smallest absolute Gasteiger partial charge is 0.407 e. The van der Waals surface area contributed by atoms with E-state index in [0.717, 1.165) is 10.2 Å². The van der Waals surface area contributed by atoms with Gasteiger partial charge >= 0.3 is 12.1 Å². The van der Waals surface area contributed by atoms with Crippen LogP contribution in [0.15, 0.2) is 28.7 Å². The van der Waals surface area contributed by atoms with Gasteiger partial charge in [0.25, 0.3) is 0 Å². The van der Waals surface area contributed by atoms with Crippen molar-refractivity contribution >= 4 is 33.7 Å². The predicted molar refractivity (Wildman–Crippen MR) is 92.4 cm³/mol. The first kappa shape index (κ1) is 19.3. The van der Waals surface area contributed by atoms with Crippen LogP contribution in [0.1, 0.15) is 27.2 Å². The standard InChI is InChI=1S/C16H23BrN2O4/c1-16(2,3)23-15(21)18-10-9-13(14(20)22-4)19-12-7-5-11(17)6-8-12/h5-8,13,19H,9-10H2,1-4H3,(H,18,21)/t13-/m0/s1. The first-order valence-electron chi connectivity index (χ1n) is 7.28. The van der Waals surface area contributed by atoms with E-state index in [0.29, 0.717) is 6.42 Å². The van der Waals surface area contributed by atoms with E-state index >= 15 is 0 Å². The van der Waals surface area contributed by atoms with E-state index in [1.54, 1.807) is 20.8 Å². The Morgan fingerprint density at radius 3 is 2.35 bits per heavy atom. The zero-order chi connectivity index (χ0) is 17.5. The monoisotopic (exact) mass is 386 g/mol. The summed E-state index contributed by atoms with van der Waals surface area (Å²) in [7, 11) is 1.33. The molecule has 0 aromatic heterocycles. The maximum atomic E-state index is 11.8. The second-order valence-electron chi connectivity index (χ2n) is 5.94. The minimum absolute atomic E-state index is 0.290. The molecule has 0 fully saturated rings. The van der Waals surface area contributed by atoms with Crippen molar-refractivity contribution in [3.8, 4) is 0 Å². The van der Waals surface area contributed by atoms with Crippen molar-refractivity contribution in [1.29, 1.82) is 0 Å². The van der Waals surface area contributed by atoms with Crippen LogP contribution in [0.2, 0.25) is 0 Å². The van der Waals surface area contributed by atoms with Crippen molar-refractivity contribution < 1.29 is 19.1 Å². The molecule has 0 saturated carbocycles. The second kappa shape index (κ2) is 8.76. The summed E-state index contributed by atoms with van der Waals surface area (Å²) in [4.78, 5) is 23.5. The number of amides is 1. The Labute approximate surface area is 145 Å². The average Bonchev–Trinajstić information content (AvgIpc) is 2.45. The number of carbonyl (C=O) groups excluding carboxylic acids is 2. The van der Waals surface area contributed by atoms with Gasteiger partial charge in [0.05, 0.1) is 7.11 Å². The highest BCUT2D eigenvalue weighted by atomic mass is 79.9. The Hall–Kier alpha value is -1.76. The minimum atomic E-state index is -0.559. The largest absolute Gasteiger partial charge is 0.467 e. The van der Waals surface area contributed by atoms with Crippen molar-refractivity contribution in [3.63, 3.8) is 0 Å². The fourth-order valence-corrected chi connectivity index (χ4v) is 2.04. The molecule has 0 aliphatic carbocycles. The highest BCUT2D eigenvalue weighted by Gasteiger charge is 2.20. The van der Waals surface area contributed by atoms with Gasteiger partial charge in [0.1, 0.15) is 11.6 Å². The molecule has 1 amide bonds. The van der Waals surface area contributed by atoms with Crippen molar-refractivity contribution in [2.24, 2.45) is 0 Å². The molecule has 0 unspecified atom stereocenters. The lowest BCUT2D eigenvalue weighted by Gasteiger charge is -2.21. The zero-order valence-corrected chi connectivity index (χ0v) is 15.4. The summed E-state index contributed by atoms with van der Waals surface area (Å²) in [6.45, 7) is 5.66. The molecule has 0 heterocycles. The number of halogens is 1. The molecular weight excluding hydrogens is 364 g/mol. The number of esters is 1. The highest BCUT2D eigenvalue weighted by molar-refractivity contribution is 9.10. The van der Waals surface area contributed by atoms with Gasteiger partial charge in [0.2, 0.25) is 0 Å². The number of hydrogen-bond donors (Lipinski definition) is 2. The van der Waals surface area contributed by atoms with Crippen LogP contribution in [-0.4, -0.2) is 37.4 Å². The van der Waals surface area contributed by atoms with Gasteiger partial charge in [-0.25, -0.2) is 9.59 Å². The van der Waals surface area contributed by atoms with Crippen molar-refractivity contribution in [1.82, 2.24) is 5.32 Å². The predicted octanol–water partition coefficient (Wildman–Crippen LogP) is 3.32. The summed E-state index contributed by atoms with van der Waals surface area (Å²) in [5.74, 6) is -0.390. The molecule has 1 aromatic carbocycles. The topological polar surface area (TPSA) is 76.7 Å². The summed E-state index contributed by atoms with van der Waals surface area (Å²) >= 11 is 3.36. The summed E-state index contributed by atoms with van der Waals surface area (Å²) in [5.41, 5.74) is 0.238. The lowest BCUT2D eigenvalue weighted by molar-refractivity contribution is -0.141. The zero-order valence-electron chi connectivity index (χ0n) is 13.8. The number of ether oxygens (including phenoxy) is 2. The van der Waals surface area contributed by atoms with Gasteiger partial charge in [-0.2, -0.15) is 0 Å². The van der Waals surface area contributed by atoms with Crippen LogP contribution in [0, 0.1) is 0 Å². The number of anilines is 1. The van der Waals surface area contributed by atoms with Crippen molar-refractivity contribution in [2.75, 3.05) is 19.0 Å². The average molecular weight is 387 g/mol. The number of benzene rings is 1. The maximum absolute atomic E-state index is 11.8. The second-order valence-corrected chi connectivity index (χ2v) is 6.86. The normalized spacial score (nSPS) is 12.2. The minimum Gasteiger partial charge on any atom is -0.467 e. The van der Waals surface area contributed by atoms with Crippen LogP contribution in [0.25, 0.3) is 0 Å². The Morgan fingerprint density at radius 1 is 1.22 bits per heavy atom. The third-order valence-corrected chi connectivity index (χ3v) is 3.30. The summed E-state index contributed by atoms with van der Waals surface area (Å²) < 4.78 is 10.9. The number of methoxy groups -OCH3 is 1. The molecule has 2 N–H and O–H groups in total. The Bertz CT molecular complexity index is 526. The molecule has 1 rings (SSSR count). The van der Waals surface area contributed by atoms with E-state index in [1.165, 1.54) is 7.11 Å². The third kappa shape index (κ3) is 7.88. The fourth-order valence-electron chi connectivity index (χ4n) is 1.77. The maximum Gasteiger partial charge on any atom is 0.407 e. The summed E-state index contributed by atoms with van der Waals surface area (Å²) in [6.07, 6.45) is -0.133.